The average molecular weight is 383 g/mol. The van der Waals surface area contributed by atoms with Gasteiger partial charge in [0.1, 0.15) is 0 Å². The van der Waals surface area contributed by atoms with Crippen LogP contribution >= 0.6 is 12.4 Å². The summed E-state index contributed by atoms with van der Waals surface area (Å²) in [5, 5.41) is 2.88. The van der Waals surface area contributed by atoms with Crippen LogP contribution in [0.15, 0.2) is 24.3 Å². The fourth-order valence-electron chi connectivity index (χ4n) is 2.76. The van der Waals surface area contributed by atoms with E-state index in [9.17, 15) is 18.0 Å². The molecular weight excluding hydrogens is 361 g/mol. The molecule has 1 aliphatic carbocycles. The van der Waals surface area contributed by atoms with Crippen molar-refractivity contribution in [3.8, 4) is 11.5 Å². The Kier molecular flexibility index (Phi) is 7.82. The summed E-state index contributed by atoms with van der Waals surface area (Å²) in [6.07, 6.45) is -0.791. The Bertz CT molecular complexity index is 564. The molecule has 1 aromatic carbocycles. The van der Waals surface area contributed by atoms with E-state index >= 15 is 0 Å². The molecule has 1 saturated carbocycles. The number of nitrogens with one attached hydrogen (secondary N) is 1. The van der Waals surface area contributed by atoms with Crippen molar-refractivity contribution in [1.29, 1.82) is 0 Å². The van der Waals surface area contributed by atoms with E-state index in [4.69, 9.17) is 15.2 Å². The first-order chi connectivity index (χ1) is 11.3. The smallest absolute Gasteiger partial charge is 0.422 e. The minimum absolute atomic E-state index is 0. The average Bonchev–Trinajstić information content (AvgIpc) is 3.00. The Morgan fingerprint density at radius 1 is 1.16 bits per heavy atom. The number of carbonyl (C=O) groups excluding carboxylic acids is 1. The molecule has 1 fully saturated rings. The summed E-state index contributed by atoms with van der Waals surface area (Å²) in [5.41, 5.74) is 5.35. The van der Waals surface area contributed by atoms with Crippen LogP contribution in [-0.4, -0.2) is 37.4 Å². The molecule has 1 aliphatic rings. The van der Waals surface area contributed by atoms with Crippen LogP contribution in [0.3, 0.4) is 0 Å². The standard InChI is InChI=1S/C16H21F3N2O3.ClH/c17-16(18,19)11-24-13-6-2-1-5-12(13)23-9-14(22)21-15(10-20)7-3-4-8-15;/h1-2,5-6H,3-4,7-11,20H2,(H,21,22);1H. The Labute approximate surface area is 150 Å². The monoisotopic (exact) mass is 382 g/mol. The van der Waals surface area contributed by atoms with Crippen molar-refractivity contribution in [3.05, 3.63) is 24.3 Å². The predicted molar refractivity (Wildman–Crippen MR) is 89.1 cm³/mol. The van der Waals surface area contributed by atoms with E-state index in [-0.39, 0.29) is 36.4 Å². The van der Waals surface area contributed by atoms with Gasteiger partial charge in [-0.25, -0.2) is 0 Å². The Hall–Kier alpha value is -1.67. The molecule has 1 amide bonds. The zero-order valence-electron chi connectivity index (χ0n) is 13.6. The first-order valence-corrected chi connectivity index (χ1v) is 7.76. The first kappa shape index (κ1) is 21.4. The number of benzene rings is 1. The van der Waals surface area contributed by atoms with Crippen LogP contribution in [0.25, 0.3) is 0 Å². The topological polar surface area (TPSA) is 73.6 Å². The first-order valence-electron chi connectivity index (χ1n) is 7.76. The van der Waals surface area contributed by atoms with E-state index in [1.165, 1.54) is 18.2 Å². The summed E-state index contributed by atoms with van der Waals surface area (Å²) in [7, 11) is 0. The molecule has 9 heteroatoms. The van der Waals surface area contributed by atoms with Crippen molar-refractivity contribution in [3.63, 3.8) is 0 Å². The molecule has 0 aromatic heterocycles. The molecule has 3 N–H and O–H groups in total. The summed E-state index contributed by atoms with van der Waals surface area (Å²) in [6, 6.07) is 5.93. The van der Waals surface area contributed by atoms with Gasteiger partial charge in [-0.05, 0) is 25.0 Å². The molecule has 25 heavy (non-hydrogen) atoms. The number of hydrogen-bond donors (Lipinski definition) is 2. The maximum Gasteiger partial charge on any atom is 0.422 e. The molecular formula is C16H22ClF3N2O3. The van der Waals surface area contributed by atoms with E-state index in [1.54, 1.807) is 6.07 Å². The van der Waals surface area contributed by atoms with Gasteiger partial charge in [0.15, 0.2) is 24.7 Å². The van der Waals surface area contributed by atoms with Gasteiger partial charge in [0, 0.05) is 6.54 Å². The molecule has 2 rings (SSSR count). The third-order valence-electron chi connectivity index (χ3n) is 3.96. The molecule has 1 aromatic rings. The van der Waals surface area contributed by atoms with Crippen molar-refractivity contribution in [1.82, 2.24) is 5.32 Å². The molecule has 5 nitrogen and oxygen atoms in total. The number of nitrogens with two attached hydrogens (primary N) is 1. The maximum atomic E-state index is 12.3. The van der Waals surface area contributed by atoms with E-state index in [1.807, 2.05) is 0 Å². The van der Waals surface area contributed by atoms with Crippen LogP contribution in [-0.2, 0) is 4.79 Å². The van der Waals surface area contributed by atoms with Gasteiger partial charge in [0.25, 0.3) is 5.91 Å². The van der Waals surface area contributed by atoms with Crippen LogP contribution in [0, 0.1) is 0 Å². The van der Waals surface area contributed by atoms with Crippen molar-refractivity contribution in [2.75, 3.05) is 19.8 Å². The normalized spacial score (nSPS) is 16.0. The quantitative estimate of drug-likeness (QED) is 0.760. The van der Waals surface area contributed by atoms with Crippen molar-refractivity contribution in [2.24, 2.45) is 5.73 Å². The third kappa shape index (κ3) is 6.62. The lowest BCUT2D eigenvalue weighted by Crippen LogP contribution is -2.52. The van der Waals surface area contributed by atoms with Crippen LogP contribution in [0.4, 0.5) is 13.2 Å². The van der Waals surface area contributed by atoms with E-state index < -0.39 is 18.3 Å². The zero-order valence-corrected chi connectivity index (χ0v) is 14.4. The summed E-state index contributed by atoms with van der Waals surface area (Å²) in [6.45, 7) is -1.38. The highest BCUT2D eigenvalue weighted by Crippen LogP contribution is 2.30. The molecule has 0 radical (unpaired) electrons. The van der Waals surface area contributed by atoms with E-state index in [2.05, 4.69) is 5.32 Å². The minimum atomic E-state index is -4.44. The number of hydrogen-bond acceptors (Lipinski definition) is 4. The molecule has 0 atom stereocenters. The van der Waals surface area contributed by atoms with Crippen molar-refractivity contribution >= 4 is 18.3 Å². The summed E-state index contributed by atoms with van der Waals surface area (Å²) in [5.74, 6) is -0.324. The number of alkyl halides is 3. The van der Waals surface area contributed by atoms with Gasteiger partial charge in [-0.3, -0.25) is 4.79 Å². The molecule has 142 valence electrons. The fourth-order valence-corrected chi connectivity index (χ4v) is 2.76. The molecule has 0 heterocycles. The summed E-state index contributed by atoms with van der Waals surface area (Å²) in [4.78, 5) is 12.1. The van der Waals surface area contributed by atoms with Crippen LogP contribution in [0.5, 0.6) is 11.5 Å². The van der Waals surface area contributed by atoms with Gasteiger partial charge >= 0.3 is 6.18 Å². The second-order valence-electron chi connectivity index (χ2n) is 5.88. The number of amides is 1. The maximum absolute atomic E-state index is 12.3. The van der Waals surface area contributed by atoms with Gasteiger partial charge in [-0.15, -0.1) is 12.4 Å². The van der Waals surface area contributed by atoms with Gasteiger partial charge in [-0.2, -0.15) is 13.2 Å². The zero-order chi connectivity index (χ0) is 17.6. The Balaban J connectivity index is 0.00000312. The van der Waals surface area contributed by atoms with E-state index in [0.717, 1.165) is 25.7 Å². The third-order valence-corrected chi connectivity index (χ3v) is 3.96. The molecule has 0 saturated heterocycles. The van der Waals surface area contributed by atoms with E-state index in [0.29, 0.717) is 6.54 Å². The lowest BCUT2D eigenvalue weighted by atomic mass is 9.98. The van der Waals surface area contributed by atoms with Crippen LogP contribution in [0.1, 0.15) is 25.7 Å². The second-order valence-corrected chi connectivity index (χ2v) is 5.88. The molecule has 0 aliphatic heterocycles. The number of rotatable bonds is 7. The fraction of sp³-hybridized carbons (Fsp3) is 0.562. The van der Waals surface area contributed by atoms with Gasteiger partial charge < -0.3 is 20.5 Å². The van der Waals surface area contributed by atoms with Gasteiger partial charge in [0.2, 0.25) is 0 Å². The molecule has 0 bridgehead atoms. The van der Waals surface area contributed by atoms with Crippen LogP contribution < -0.4 is 20.5 Å². The number of para-hydroxylation sites is 2. The molecule has 0 unspecified atom stereocenters. The Morgan fingerprint density at radius 2 is 1.72 bits per heavy atom. The van der Waals surface area contributed by atoms with Gasteiger partial charge in [-0.1, -0.05) is 25.0 Å². The second kappa shape index (κ2) is 9.15. The highest BCUT2D eigenvalue weighted by atomic mass is 35.5. The van der Waals surface area contributed by atoms with Crippen LogP contribution in [0.2, 0.25) is 0 Å². The SMILES string of the molecule is Cl.NCC1(NC(=O)COc2ccccc2OCC(F)(F)F)CCCC1. The number of halogens is 4. The highest BCUT2D eigenvalue weighted by Gasteiger charge is 2.34. The Morgan fingerprint density at radius 3 is 2.24 bits per heavy atom. The summed E-state index contributed by atoms with van der Waals surface area (Å²) >= 11 is 0. The number of carbonyl (C=O) groups is 1. The van der Waals surface area contributed by atoms with Crippen molar-refractivity contribution in [2.45, 2.75) is 37.4 Å². The number of ether oxygens (including phenoxy) is 2. The lowest BCUT2D eigenvalue weighted by molar-refractivity contribution is -0.153. The lowest BCUT2D eigenvalue weighted by Gasteiger charge is -2.28. The minimum Gasteiger partial charge on any atom is -0.480 e. The largest absolute Gasteiger partial charge is 0.480 e. The molecule has 0 spiro atoms. The summed E-state index contributed by atoms with van der Waals surface area (Å²) < 4.78 is 46.8. The van der Waals surface area contributed by atoms with Gasteiger partial charge in [0.05, 0.1) is 5.54 Å². The predicted octanol–water partition coefficient (Wildman–Crippen LogP) is 2.82. The van der Waals surface area contributed by atoms with Crippen molar-refractivity contribution < 1.29 is 27.4 Å². The highest BCUT2D eigenvalue weighted by molar-refractivity contribution is 5.85.